The Balaban J connectivity index is 1.54. The number of hydrogen-bond acceptors (Lipinski definition) is 4. The lowest BCUT2D eigenvalue weighted by atomic mass is 10.2. The molecule has 0 radical (unpaired) electrons. The molecule has 0 saturated heterocycles. The third kappa shape index (κ3) is 3.88. The fraction of sp³-hybridized carbons (Fsp3) is 0. The van der Waals surface area contributed by atoms with E-state index in [2.05, 4.69) is 20.8 Å². The van der Waals surface area contributed by atoms with Gasteiger partial charge in [-0.05, 0) is 42.5 Å². The van der Waals surface area contributed by atoms with Crippen molar-refractivity contribution in [3.63, 3.8) is 0 Å². The minimum absolute atomic E-state index is 0.0310. The van der Waals surface area contributed by atoms with Crippen LogP contribution in [0.3, 0.4) is 0 Å². The van der Waals surface area contributed by atoms with Gasteiger partial charge in [0.05, 0.1) is 5.56 Å². The quantitative estimate of drug-likeness (QED) is 0.515. The Hall–Kier alpha value is -4.00. The molecule has 4 rings (SSSR count). The number of para-hydroxylation sites is 1. The van der Waals surface area contributed by atoms with Crippen LogP contribution in [0.5, 0.6) is 0 Å². The molecule has 0 atom stereocenters. The molecule has 28 heavy (non-hydrogen) atoms. The summed E-state index contributed by atoms with van der Waals surface area (Å²) >= 11 is 0. The number of aromatic nitrogens is 2. The van der Waals surface area contributed by atoms with Gasteiger partial charge in [-0.3, -0.25) is 0 Å². The van der Waals surface area contributed by atoms with Crippen molar-refractivity contribution in [3.8, 4) is 22.9 Å². The van der Waals surface area contributed by atoms with Crippen LogP contribution in [-0.2, 0) is 0 Å². The minimum Gasteiger partial charge on any atom is -0.416 e. The van der Waals surface area contributed by atoms with Gasteiger partial charge in [0.2, 0.25) is 5.89 Å². The van der Waals surface area contributed by atoms with Crippen LogP contribution in [0.2, 0.25) is 0 Å². The number of carbonyl (C=O) groups excluding carboxylic acids is 1. The van der Waals surface area contributed by atoms with Crippen molar-refractivity contribution in [2.24, 2.45) is 0 Å². The molecule has 3 aromatic carbocycles. The highest BCUT2D eigenvalue weighted by atomic mass is 19.1. The maximum atomic E-state index is 14.3. The smallest absolute Gasteiger partial charge is 0.323 e. The van der Waals surface area contributed by atoms with Crippen LogP contribution in [0.25, 0.3) is 22.9 Å². The summed E-state index contributed by atoms with van der Waals surface area (Å²) in [7, 11) is 0. The van der Waals surface area contributed by atoms with Crippen LogP contribution in [0.4, 0.5) is 20.6 Å². The SMILES string of the molecule is O=C(Nc1ccccc1)Nc1ccc(F)c(-c2nnc(-c3ccccc3)o2)c1. The van der Waals surface area contributed by atoms with Crippen LogP contribution >= 0.6 is 0 Å². The molecule has 0 aliphatic carbocycles. The Morgan fingerprint density at radius 3 is 2.18 bits per heavy atom. The number of rotatable bonds is 4. The highest BCUT2D eigenvalue weighted by molar-refractivity contribution is 6.00. The molecule has 0 bridgehead atoms. The molecule has 6 nitrogen and oxygen atoms in total. The second-order valence-corrected chi connectivity index (χ2v) is 5.92. The van der Waals surface area contributed by atoms with Gasteiger partial charge in [-0.25, -0.2) is 9.18 Å². The van der Waals surface area contributed by atoms with E-state index in [-0.39, 0.29) is 17.3 Å². The summed E-state index contributed by atoms with van der Waals surface area (Å²) in [5.74, 6) is -0.212. The molecule has 0 aliphatic heterocycles. The van der Waals surface area contributed by atoms with E-state index in [1.54, 1.807) is 12.1 Å². The summed E-state index contributed by atoms with van der Waals surface area (Å²) in [5, 5.41) is 13.2. The van der Waals surface area contributed by atoms with Crippen LogP contribution in [0.15, 0.2) is 83.3 Å². The Morgan fingerprint density at radius 2 is 1.43 bits per heavy atom. The number of anilines is 2. The summed E-state index contributed by atoms with van der Waals surface area (Å²) in [6.45, 7) is 0. The summed E-state index contributed by atoms with van der Waals surface area (Å²) < 4.78 is 19.9. The number of halogens is 1. The first-order valence-electron chi connectivity index (χ1n) is 8.51. The number of nitrogens with zero attached hydrogens (tertiary/aromatic N) is 2. The molecule has 1 heterocycles. The molecule has 4 aromatic rings. The number of hydrogen-bond donors (Lipinski definition) is 2. The van der Waals surface area contributed by atoms with Gasteiger partial charge < -0.3 is 15.1 Å². The van der Waals surface area contributed by atoms with E-state index in [1.165, 1.54) is 18.2 Å². The van der Waals surface area contributed by atoms with E-state index < -0.39 is 11.8 Å². The molecular weight excluding hydrogens is 359 g/mol. The first kappa shape index (κ1) is 17.4. The lowest BCUT2D eigenvalue weighted by Crippen LogP contribution is -2.19. The van der Waals surface area contributed by atoms with Crippen molar-refractivity contribution in [1.82, 2.24) is 10.2 Å². The number of nitrogens with one attached hydrogen (secondary N) is 2. The number of benzene rings is 3. The second-order valence-electron chi connectivity index (χ2n) is 5.92. The molecular formula is C21H15FN4O2. The van der Waals surface area contributed by atoms with E-state index in [0.717, 1.165) is 5.56 Å². The second kappa shape index (κ2) is 7.71. The monoisotopic (exact) mass is 374 g/mol. The third-order valence-corrected chi connectivity index (χ3v) is 3.93. The minimum atomic E-state index is -0.530. The van der Waals surface area contributed by atoms with Crippen LogP contribution in [0, 0.1) is 5.82 Å². The Kier molecular flexibility index (Phi) is 4.79. The van der Waals surface area contributed by atoms with E-state index in [9.17, 15) is 9.18 Å². The lowest BCUT2D eigenvalue weighted by molar-refractivity contribution is 0.262. The van der Waals surface area contributed by atoms with Crippen LogP contribution in [-0.4, -0.2) is 16.2 Å². The molecule has 2 amide bonds. The normalized spacial score (nSPS) is 10.5. The zero-order valence-corrected chi connectivity index (χ0v) is 14.6. The van der Waals surface area contributed by atoms with Crippen molar-refractivity contribution < 1.29 is 13.6 Å². The van der Waals surface area contributed by atoms with Gasteiger partial charge in [-0.15, -0.1) is 10.2 Å². The fourth-order valence-electron chi connectivity index (χ4n) is 2.61. The fourth-order valence-corrected chi connectivity index (χ4v) is 2.61. The predicted octanol–water partition coefficient (Wildman–Crippen LogP) is 5.19. The molecule has 0 aliphatic rings. The summed E-state index contributed by atoms with van der Waals surface area (Å²) in [6, 6.07) is 21.9. The van der Waals surface area contributed by atoms with Crippen LogP contribution < -0.4 is 10.6 Å². The Labute approximate surface area is 160 Å². The average molecular weight is 374 g/mol. The molecule has 0 unspecified atom stereocenters. The molecule has 7 heteroatoms. The van der Waals surface area contributed by atoms with Gasteiger partial charge in [-0.1, -0.05) is 36.4 Å². The molecule has 2 N–H and O–H groups in total. The summed E-state index contributed by atoms with van der Waals surface area (Å²) in [4.78, 5) is 12.1. The first-order chi connectivity index (χ1) is 13.7. The third-order valence-electron chi connectivity index (χ3n) is 3.93. The topological polar surface area (TPSA) is 80.0 Å². The first-order valence-corrected chi connectivity index (χ1v) is 8.51. The van der Waals surface area contributed by atoms with Crippen molar-refractivity contribution in [2.75, 3.05) is 10.6 Å². The largest absolute Gasteiger partial charge is 0.416 e. The Morgan fingerprint density at radius 1 is 0.786 bits per heavy atom. The number of carbonyl (C=O) groups is 1. The summed E-state index contributed by atoms with van der Waals surface area (Å²) in [6.07, 6.45) is 0. The van der Waals surface area contributed by atoms with Gasteiger partial charge in [0.25, 0.3) is 5.89 Å². The van der Waals surface area contributed by atoms with Crippen molar-refractivity contribution >= 4 is 17.4 Å². The average Bonchev–Trinajstić information content (AvgIpc) is 3.21. The van der Waals surface area contributed by atoms with E-state index >= 15 is 0 Å². The maximum absolute atomic E-state index is 14.3. The van der Waals surface area contributed by atoms with E-state index in [0.29, 0.717) is 11.4 Å². The molecule has 0 saturated carbocycles. The highest BCUT2D eigenvalue weighted by Gasteiger charge is 2.15. The van der Waals surface area contributed by atoms with Crippen molar-refractivity contribution in [1.29, 1.82) is 0 Å². The maximum Gasteiger partial charge on any atom is 0.323 e. The highest BCUT2D eigenvalue weighted by Crippen LogP contribution is 2.28. The predicted molar refractivity (Wildman–Crippen MR) is 104 cm³/mol. The van der Waals surface area contributed by atoms with Crippen molar-refractivity contribution in [3.05, 3.63) is 84.7 Å². The van der Waals surface area contributed by atoms with E-state index in [1.807, 2.05) is 48.5 Å². The van der Waals surface area contributed by atoms with Gasteiger partial charge in [0, 0.05) is 16.9 Å². The zero-order valence-electron chi connectivity index (χ0n) is 14.6. The van der Waals surface area contributed by atoms with E-state index in [4.69, 9.17) is 4.42 Å². The zero-order chi connectivity index (χ0) is 19.3. The lowest BCUT2D eigenvalue weighted by Gasteiger charge is -2.08. The van der Waals surface area contributed by atoms with Gasteiger partial charge in [-0.2, -0.15) is 0 Å². The van der Waals surface area contributed by atoms with Gasteiger partial charge in [0.15, 0.2) is 0 Å². The standard InChI is InChI=1S/C21H15FN4O2/c22-18-12-11-16(24-21(27)23-15-9-5-2-6-10-15)13-17(18)20-26-25-19(28-20)14-7-3-1-4-8-14/h1-13H,(H2,23,24,27). The Bertz CT molecular complexity index is 1100. The van der Waals surface area contributed by atoms with Crippen LogP contribution in [0.1, 0.15) is 0 Å². The number of amides is 2. The molecule has 1 aromatic heterocycles. The molecule has 138 valence electrons. The molecule has 0 fully saturated rings. The molecule has 0 spiro atoms. The number of urea groups is 1. The van der Waals surface area contributed by atoms with Crippen molar-refractivity contribution in [2.45, 2.75) is 0 Å². The summed E-state index contributed by atoms with van der Waals surface area (Å²) in [5.41, 5.74) is 1.88. The van der Waals surface area contributed by atoms with Gasteiger partial charge >= 0.3 is 6.03 Å². The van der Waals surface area contributed by atoms with Gasteiger partial charge in [0.1, 0.15) is 5.82 Å².